The molecule has 1 aromatic rings. The summed E-state index contributed by atoms with van der Waals surface area (Å²) < 4.78 is 0. The zero-order valence-corrected chi connectivity index (χ0v) is 12.9. The highest BCUT2D eigenvalue weighted by molar-refractivity contribution is 6.30. The average Bonchev–Trinajstić information content (AvgIpc) is 2.66. The summed E-state index contributed by atoms with van der Waals surface area (Å²) in [5, 5.41) is 41.1. The SMILES string of the molecule is CC(C)(O)C(C)(C)O.O=C1N=c2ccccc2=N1.OB(O)O. The maximum absolute atomic E-state index is 10.6. The number of amides is 2. The zero-order chi connectivity index (χ0) is 17.6. The molecule has 0 saturated carbocycles. The molecule has 22 heavy (non-hydrogen) atoms. The van der Waals surface area contributed by atoms with Crippen LogP contribution in [0.15, 0.2) is 34.3 Å². The molecular weight excluding hydrogens is 291 g/mol. The molecule has 0 aliphatic carbocycles. The van der Waals surface area contributed by atoms with Gasteiger partial charge in [0.2, 0.25) is 0 Å². The Morgan fingerprint density at radius 3 is 1.36 bits per heavy atom. The summed E-state index contributed by atoms with van der Waals surface area (Å²) in [5.41, 5.74) is -2.01. The van der Waals surface area contributed by atoms with Crippen LogP contribution in [0.5, 0.6) is 0 Å². The predicted octanol–water partition coefficient (Wildman–Crippen LogP) is -1.46. The molecule has 122 valence electrons. The predicted molar refractivity (Wildman–Crippen MR) is 79.2 cm³/mol. The number of nitrogens with zero attached hydrogens (tertiary/aromatic N) is 2. The number of aliphatic hydroxyl groups is 2. The zero-order valence-electron chi connectivity index (χ0n) is 12.9. The molecule has 0 bridgehead atoms. The van der Waals surface area contributed by atoms with E-state index in [1.165, 1.54) is 0 Å². The number of para-hydroxylation sites is 2. The number of carbonyl (C=O) groups is 1. The van der Waals surface area contributed by atoms with Gasteiger partial charge in [0, 0.05) is 0 Å². The lowest BCUT2D eigenvalue weighted by atomic mass is 9.90. The van der Waals surface area contributed by atoms with E-state index in [9.17, 15) is 4.79 Å². The van der Waals surface area contributed by atoms with Crippen molar-refractivity contribution in [3.63, 3.8) is 0 Å². The molecule has 1 aliphatic heterocycles. The molecule has 0 radical (unpaired) electrons. The van der Waals surface area contributed by atoms with E-state index in [1.54, 1.807) is 39.8 Å². The van der Waals surface area contributed by atoms with Gasteiger partial charge in [0.05, 0.1) is 21.9 Å². The maximum atomic E-state index is 10.6. The molecule has 0 spiro atoms. The van der Waals surface area contributed by atoms with E-state index in [2.05, 4.69) is 9.98 Å². The van der Waals surface area contributed by atoms with Gasteiger partial charge in [-0.15, -0.1) is 0 Å². The Morgan fingerprint density at radius 2 is 1.14 bits per heavy atom. The minimum absolute atomic E-state index is 0.402. The van der Waals surface area contributed by atoms with E-state index in [4.69, 9.17) is 25.3 Å². The highest BCUT2D eigenvalue weighted by Gasteiger charge is 2.31. The van der Waals surface area contributed by atoms with E-state index in [0.29, 0.717) is 10.7 Å². The molecule has 9 heteroatoms. The molecule has 0 atom stereocenters. The second-order valence-corrected chi connectivity index (χ2v) is 5.46. The Balaban J connectivity index is 0.000000332. The first-order chi connectivity index (χ1) is 9.84. The fourth-order valence-corrected chi connectivity index (χ4v) is 0.884. The summed E-state index contributed by atoms with van der Waals surface area (Å²) in [6.07, 6.45) is 0. The lowest BCUT2D eigenvalue weighted by molar-refractivity contribution is -0.107. The molecule has 1 aromatic carbocycles. The van der Waals surface area contributed by atoms with Crippen molar-refractivity contribution in [3.8, 4) is 0 Å². The number of urea groups is 1. The number of rotatable bonds is 1. The molecule has 0 fully saturated rings. The summed E-state index contributed by atoms with van der Waals surface area (Å²) in [6.45, 7) is 6.31. The van der Waals surface area contributed by atoms with Crippen LogP contribution in [0.25, 0.3) is 0 Å². The van der Waals surface area contributed by atoms with Crippen molar-refractivity contribution in [2.45, 2.75) is 38.9 Å². The molecule has 2 rings (SSSR count). The van der Waals surface area contributed by atoms with Gasteiger partial charge in [-0.1, -0.05) is 12.1 Å². The summed E-state index contributed by atoms with van der Waals surface area (Å²) in [5.74, 6) is 0. The van der Waals surface area contributed by atoms with Gasteiger partial charge in [0.15, 0.2) is 0 Å². The third-order valence-corrected chi connectivity index (χ3v) is 2.81. The highest BCUT2D eigenvalue weighted by Crippen LogP contribution is 2.19. The fraction of sp³-hybridized carbons (Fsp3) is 0.462. The lowest BCUT2D eigenvalue weighted by Crippen LogP contribution is -2.44. The standard InChI is InChI=1S/C7H4N2O.C6H14O2.BH3O3/c10-7-8-5-3-1-2-4-6(5)9-7;1-5(2,7)6(3,4)8;2-1(3)4/h1-4H;7-8H,1-4H3;2-4H. The van der Waals surface area contributed by atoms with Gasteiger partial charge in [-0.25, -0.2) is 4.79 Å². The van der Waals surface area contributed by atoms with Crippen molar-refractivity contribution in [1.82, 2.24) is 0 Å². The second kappa shape index (κ2) is 8.11. The van der Waals surface area contributed by atoms with Crippen LogP contribution >= 0.6 is 0 Å². The van der Waals surface area contributed by atoms with Crippen LogP contribution in [0.2, 0.25) is 0 Å². The van der Waals surface area contributed by atoms with Crippen LogP contribution in [0, 0.1) is 0 Å². The van der Waals surface area contributed by atoms with Crippen molar-refractivity contribution >= 4 is 13.4 Å². The van der Waals surface area contributed by atoms with E-state index in [0.717, 1.165) is 0 Å². The smallest absolute Gasteiger partial charge is 0.402 e. The number of hydrogen-bond donors (Lipinski definition) is 5. The minimum atomic E-state index is -2.17. The highest BCUT2D eigenvalue weighted by atomic mass is 16.5. The van der Waals surface area contributed by atoms with E-state index in [1.807, 2.05) is 12.1 Å². The number of hydrogen-bond acceptors (Lipinski definition) is 6. The van der Waals surface area contributed by atoms with Gasteiger partial charge in [-0.05, 0) is 39.8 Å². The largest absolute Gasteiger partial charge is 0.631 e. The van der Waals surface area contributed by atoms with Crippen LogP contribution in [0.1, 0.15) is 27.7 Å². The van der Waals surface area contributed by atoms with Crippen LogP contribution in [-0.2, 0) is 0 Å². The molecule has 2 amide bonds. The molecule has 0 saturated heterocycles. The summed E-state index contributed by atoms with van der Waals surface area (Å²) in [4.78, 5) is 17.9. The molecule has 0 unspecified atom stereocenters. The Labute approximate surface area is 128 Å². The Bertz CT molecular complexity index is 552. The number of fused-ring (bicyclic) bond motifs is 1. The van der Waals surface area contributed by atoms with Gasteiger partial charge in [0.25, 0.3) is 0 Å². The Kier molecular flexibility index (Phi) is 7.50. The van der Waals surface area contributed by atoms with Gasteiger partial charge in [-0.3, -0.25) is 0 Å². The van der Waals surface area contributed by atoms with Crippen LogP contribution < -0.4 is 10.7 Å². The molecular formula is C13H21BN2O6. The quantitative estimate of drug-likeness (QED) is 0.401. The molecule has 0 aromatic heterocycles. The van der Waals surface area contributed by atoms with Gasteiger partial charge < -0.3 is 25.3 Å². The van der Waals surface area contributed by atoms with E-state index >= 15 is 0 Å². The summed E-state index contributed by atoms with van der Waals surface area (Å²) in [7, 11) is -2.17. The van der Waals surface area contributed by atoms with Crippen LogP contribution in [0.4, 0.5) is 4.79 Å². The monoisotopic (exact) mass is 312 g/mol. The number of benzene rings is 1. The normalized spacial score (nSPS) is 12.7. The van der Waals surface area contributed by atoms with E-state index in [-0.39, 0.29) is 0 Å². The van der Waals surface area contributed by atoms with Crippen molar-refractivity contribution < 1.29 is 30.1 Å². The van der Waals surface area contributed by atoms with Crippen LogP contribution in [0.3, 0.4) is 0 Å². The summed E-state index contributed by atoms with van der Waals surface area (Å²) in [6, 6.07) is 6.79. The van der Waals surface area contributed by atoms with Crippen molar-refractivity contribution in [2.75, 3.05) is 0 Å². The molecule has 5 N–H and O–H groups in total. The molecule has 1 heterocycles. The third kappa shape index (κ3) is 7.96. The first kappa shape index (κ1) is 20.4. The maximum Gasteiger partial charge on any atom is 0.631 e. The van der Waals surface area contributed by atoms with Crippen molar-refractivity contribution in [1.29, 1.82) is 0 Å². The molecule has 8 nitrogen and oxygen atoms in total. The fourth-order valence-electron chi connectivity index (χ4n) is 0.884. The number of carbonyl (C=O) groups excluding carboxylic acids is 1. The van der Waals surface area contributed by atoms with Gasteiger partial charge in [0.1, 0.15) is 0 Å². The van der Waals surface area contributed by atoms with E-state index < -0.39 is 24.6 Å². The summed E-state index contributed by atoms with van der Waals surface area (Å²) >= 11 is 0. The van der Waals surface area contributed by atoms with Gasteiger partial charge in [-0.2, -0.15) is 9.98 Å². The first-order valence-electron chi connectivity index (χ1n) is 6.40. The molecule has 1 aliphatic rings. The van der Waals surface area contributed by atoms with Crippen molar-refractivity contribution in [2.24, 2.45) is 9.98 Å². The van der Waals surface area contributed by atoms with Crippen molar-refractivity contribution in [3.05, 3.63) is 35.0 Å². The second-order valence-electron chi connectivity index (χ2n) is 5.46. The third-order valence-electron chi connectivity index (χ3n) is 2.81. The Hall–Kier alpha value is -1.65. The lowest BCUT2D eigenvalue weighted by Gasteiger charge is -2.31. The average molecular weight is 312 g/mol. The minimum Gasteiger partial charge on any atom is -0.402 e. The first-order valence-corrected chi connectivity index (χ1v) is 6.40. The topological polar surface area (TPSA) is 143 Å². The van der Waals surface area contributed by atoms with Crippen LogP contribution in [-0.4, -0.2) is 49.8 Å². The van der Waals surface area contributed by atoms with Gasteiger partial charge >= 0.3 is 13.4 Å². The Morgan fingerprint density at radius 1 is 0.864 bits per heavy atom.